The molecule has 0 radical (unpaired) electrons. The molecule has 0 saturated heterocycles. The molecule has 0 heterocycles. The van der Waals surface area contributed by atoms with Crippen molar-refractivity contribution < 1.29 is 4.74 Å². The zero-order valence-corrected chi connectivity index (χ0v) is 15.6. The lowest BCUT2D eigenvalue weighted by molar-refractivity contribution is 0.175. The van der Waals surface area contributed by atoms with Crippen LogP contribution < -0.4 is 0 Å². The average molecular weight is 329 g/mol. The summed E-state index contributed by atoms with van der Waals surface area (Å²) in [4.78, 5) is 0. The van der Waals surface area contributed by atoms with Gasteiger partial charge in [0.15, 0.2) is 0 Å². The van der Waals surface area contributed by atoms with Gasteiger partial charge in [0.05, 0.1) is 6.23 Å². The summed E-state index contributed by atoms with van der Waals surface area (Å²) >= 11 is 0. The first-order valence-electron chi connectivity index (χ1n) is 8.26. The van der Waals surface area contributed by atoms with E-state index in [-0.39, 0.29) is 0 Å². The summed E-state index contributed by atoms with van der Waals surface area (Å²) in [5.74, 6) is 0. The van der Waals surface area contributed by atoms with Crippen molar-refractivity contribution in [2.45, 2.75) is 20.0 Å². The second kappa shape index (κ2) is 9.63. The van der Waals surface area contributed by atoms with E-state index in [9.17, 15) is 0 Å². The van der Waals surface area contributed by atoms with Crippen LogP contribution in [0.3, 0.4) is 0 Å². The SMILES string of the molecule is CCOC[SiH](N(C)Cc1ccccc1)N(C)Cc1ccccc1. The Labute approximate surface area is 142 Å². The smallest absolute Gasteiger partial charge is 0.216 e. The highest BCUT2D eigenvalue weighted by Gasteiger charge is 2.23. The van der Waals surface area contributed by atoms with E-state index < -0.39 is 9.12 Å². The molecule has 3 nitrogen and oxygen atoms in total. The summed E-state index contributed by atoms with van der Waals surface area (Å²) in [6, 6.07) is 21.3. The van der Waals surface area contributed by atoms with Crippen LogP contribution in [-0.4, -0.2) is 45.2 Å². The molecule has 0 N–H and O–H groups in total. The maximum Gasteiger partial charge on any atom is 0.216 e. The van der Waals surface area contributed by atoms with E-state index in [2.05, 4.69) is 90.8 Å². The summed E-state index contributed by atoms with van der Waals surface area (Å²) in [5.41, 5.74) is 2.72. The molecule has 0 fully saturated rings. The molecule has 0 unspecified atom stereocenters. The van der Waals surface area contributed by atoms with Gasteiger partial charge < -0.3 is 13.9 Å². The van der Waals surface area contributed by atoms with Gasteiger partial charge in [0.1, 0.15) is 0 Å². The van der Waals surface area contributed by atoms with E-state index in [0.29, 0.717) is 0 Å². The Hall–Kier alpha value is -1.46. The number of hydrogen-bond acceptors (Lipinski definition) is 3. The summed E-state index contributed by atoms with van der Waals surface area (Å²) < 4.78 is 10.8. The lowest BCUT2D eigenvalue weighted by atomic mass is 10.2. The van der Waals surface area contributed by atoms with Crippen molar-refractivity contribution in [1.29, 1.82) is 0 Å². The van der Waals surface area contributed by atoms with Crippen LogP contribution in [0.1, 0.15) is 18.1 Å². The molecule has 2 aromatic carbocycles. The first-order valence-corrected chi connectivity index (χ1v) is 10.1. The zero-order valence-electron chi connectivity index (χ0n) is 14.5. The summed E-state index contributed by atoms with van der Waals surface area (Å²) in [6.07, 6.45) is 0.850. The van der Waals surface area contributed by atoms with Crippen LogP contribution in [0.2, 0.25) is 0 Å². The van der Waals surface area contributed by atoms with Gasteiger partial charge >= 0.3 is 0 Å². The minimum Gasteiger partial charge on any atom is -0.382 e. The topological polar surface area (TPSA) is 15.7 Å². The Morgan fingerprint density at radius 3 is 1.61 bits per heavy atom. The van der Waals surface area contributed by atoms with E-state index >= 15 is 0 Å². The van der Waals surface area contributed by atoms with Gasteiger partial charge in [-0.1, -0.05) is 60.7 Å². The van der Waals surface area contributed by atoms with Crippen molar-refractivity contribution in [3.05, 3.63) is 71.8 Å². The predicted molar refractivity (Wildman–Crippen MR) is 99.5 cm³/mol. The van der Waals surface area contributed by atoms with Crippen molar-refractivity contribution in [3.63, 3.8) is 0 Å². The predicted octanol–water partition coefficient (Wildman–Crippen LogP) is 3.05. The molecule has 2 rings (SSSR count). The molecule has 0 aliphatic rings. The Bertz CT molecular complexity index is 502. The van der Waals surface area contributed by atoms with E-state index in [1.54, 1.807) is 0 Å². The standard InChI is InChI=1S/C19H28N2OSi/c1-4-22-17-23(20(2)15-18-11-7-5-8-12-18)21(3)16-19-13-9-6-10-14-19/h5-14,23H,4,15-17H2,1-3H3. The molecule has 23 heavy (non-hydrogen) atoms. The molecule has 124 valence electrons. The number of benzene rings is 2. The number of rotatable bonds is 9. The molecule has 0 aliphatic carbocycles. The lowest BCUT2D eigenvalue weighted by Gasteiger charge is -2.34. The minimum absolute atomic E-state index is 0.780. The fourth-order valence-electron chi connectivity index (χ4n) is 2.77. The van der Waals surface area contributed by atoms with Crippen LogP contribution in [0.5, 0.6) is 0 Å². The van der Waals surface area contributed by atoms with Crippen molar-refractivity contribution in [2.75, 3.05) is 26.9 Å². The minimum atomic E-state index is -1.33. The highest BCUT2D eigenvalue weighted by molar-refractivity contribution is 6.52. The van der Waals surface area contributed by atoms with Gasteiger partial charge in [0.2, 0.25) is 9.12 Å². The number of nitrogens with zero attached hydrogens (tertiary/aromatic N) is 2. The molecule has 0 spiro atoms. The van der Waals surface area contributed by atoms with Gasteiger partial charge in [-0.25, -0.2) is 0 Å². The number of ether oxygens (including phenoxy) is 1. The van der Waals surface area contributed by atoms with Gasteiger partial charge in [-0.05, 0) is 32.1 Å². The quantitative estimate of drug-likeness (QED) is 0.658. The van der Waals surface area contributed by atoms with E-state index in [4.69, 9.17) is 4.74 Å². The van der Waals surface area contributed by atoms with E-state index in [0.717, 1.165) is 25.9 Å². The third kappa shape index (κ3) is 5.92. The number of hydrogen-bond donors (Lipinski definition) is 0. The molecule has 0 saturated carbocycles. The highest BCUT2D eigenvalue weighted by atomic mass is 28.3. The largest absolute Gasteiger partial charge is 0.382 e. The first kappa shape index (κ1) is 17.9. The van der Waals surface area contributed by atoms with Crippen LogP contribution in [-0.2, 0) is 17.8 Å². The van der Waals surface area contributed by atoms with E-state index in [1.165, 1.54) is 11.1 Å². The van der Waals surface area contributed by atoms with Gasteiger partial charge in [0, 0.05) is 19.7 Å². The van der Waals surface area contributed by atoms with Gasteiger partial charge in [-0.15, -0.1) is 0 Å². The molecule has 0 aliphatic heterocycles. The first-order chi connectivity index (χ1) is 11.2. The Kier molecular flexibility index (Phi) is 7.48. The van der Waals surface area contributed by atoms with Crippen molar-refractivity contribution in [3.8, 4) is 0 Å². The second-order valence-electron chi connectivity index (χ2n) is 5.94. The molecular formula is C19H28N2OSi. The van der Waals surface area contributed by atoms with Crippen molar-refractivity contribution >= 4 is 9.12 Å². The second-order valence-corrected chi connectivity index (χ2v) is 9.00. The fraction of sp³-hybridized carbons (Fsp3) is 0.368. The van der Waals surface area contributed by atoms with Crippen LogP contribution in [0.25, 0.3) is 0 Å². The summed E-state index contributed by atoms with van der Waals surface area (Å²) in [6.45, 7) is 4.80. The van der Waals surface area contributed by atoms with Crippen LogP contribution in [0.4, 0.5) is 0 Å². The average Bonchev–Trinajstić information content (AvgIpc) is 2.57. The van der Waals surface area contributed by atoms with E-state index in [1.807, 2.05) is 0 Å². The highest BCUT2D eigenvalue weighted by Crippen LogP contribution is 2.10. The van der Waals surface area contributed by atoms with Crippen LogP contribution in [0, 0.1) is 0 Å². The van der Waals surface area contributed by atoms with Crippen LogP contribution in [0.15, 0.2) is 60.7 Å². The van der Waals surface area contributed by atoms with Crippen LogP contribution >= 0.6 is 0 Å². The Morgan fingerprint density at radius 2 is 1.22 bits per heavy atom. The molecule has 0 bridgehead atoms. The zero-order chi connectivity index (χ0) is 16.5. The van der Waals surface area contributed by atoms with Crippen molar-refractivity contribution in [2.24, 2.45) is 0 Å². The molecule has 2 aromatic rings. The summed E-state index contributed by atoms with van der Waals surface area (Å²) in [7, 11) is 3.12. The third-order valence-corrected chi connectivity index (χ3v) is 6.97. The molecule has 0 aromatic heterocycles. The molecular weight excluding hydrogens is 300 g/mol. The Morgan fingerprint density at radius 1 is 0.783 bits per heavy atom. The Balaban J connectivity index is 2.02. The monoisotopic (exact) mass is 328 g/mol. The summed E-state index contributed by atoms with van der Waals surface area (Å²) in [5, 5.41) is 0. The molecule has 4 heteroatoms. The van der Waals surface area contributed by atoms with Crippen molar-refractivity contribution in [1.82, 2.24) is 9.13 Å². The van der Waals surface area contributed by atoms with Gasteiger partial charge in [-0.3, -0.25) is 0 Å². The van der Waals surface area contributed by atoms with Gasteiger partial charge in [0.25, 0.3) is 0 Å². The lowest BCUT2D eigenvalue weighted by Crippen LogP contribution is -2.52. The molecule has 0 amide bonds. The third-order valence-electron chi connectivity index (χ3n) is 4.04. The van der Waals surface area contributed by atoms with Gasteiger partial charge in [-0.2, -0.15) is 0 Å². The maximum atomic E-state index is 5.79. The normalized spacial score (nSPS) is 11.6. The fourth-order valence-corrected chi connectivity index (χ4v) is 5.24. The maximum absolute atomic E-state index is 5.79. The molecule has 0 atom stereocenters.